The van der Waals surface area contributed by atoms with Crippen molar-refractivity contribution in [2.75, 3.05) is 55.6 Å². The molecule has 0 bridgehead atoms. The van der Waals surface area contributed by atoms with Gasteiger partial charge in [-0.1, -0.05) is 0 Å². The Morgan fingerprint density at radius 2 is 1.52 bits per heavy atom. The zero-order valence-corrected chi connectivity index (χ0v) is 22.7. The van der Waals surface area contributed by atoms with Crippen LogP contribution in [0.5, 0.6) is 0 Å². The van der Waals surface area contributed by atoms with Crippen molar-refractivity contribution in [1.82, 2.24) is 15.1 Å². The van der Waals surface area contributed by atoms with Gasteiger partial charge in [0.2, 0.25) is 17.7 Å². The fourth-order valence-electron chi connectivity index (χ4n) is 6.52. The topological polar surface area (TPSA) is 119 Å². The van der Waals surface area contributed by atoms with E-state index in [0.717, 1.165) is 75.6 Å². The molecule has 1 unspecified atom stereocenters. The molecule has 3 saturated heterocycles. The summed E-state index contributed by atoms with van der Waals surface area (Å²) in [5.74, 6) is -0.497. The van der Waals surface area contributed by atoms with Crippen LogP contribution in [0, 0.1) is 5.92 Å². The van der Waals surface area contributed by atoms with Crippen molar-refractivity contribution < 1.29 is 19.2 Å². The highest BCUT2D eigenvalue weighted by atomic mass is 16.2. The summed E-state index contributed by atoms with van der Waals surface area (Å²) in [6, 6.07) is 13.0. The molecule has 2 aromatic carbocycles. The molecule has 6 rings (SSSR count). The van der Waals surface area contributed by atoms with Crippen molar-refractivity contribution in [3.8, 4) is 0 Å². The van der Waals surface area contributed by atoms with Gasteiger partial charge in [-0.2, -0.15) is 0 Å². The van der Waals surface area contributed by atoms with Gasteiger partial charge in [-0.3, -0.25) is 29.4 Å². The van der Waals surface area contributed by atoms with E-state index in [-0.39, 0.29) is 24.1 Å². The maximum atomic E-state index is 13.0. The van der Waals surface area contributed by atoms with E-state index in [9.17, 15) is 19.2 Å². The Balaban J connectivity index is 0.986. The van der Waals surface area contributed by atoms with Crippen molar-refractivity contribution in [3.63, 3.8) is 0 Å². The van der Waals surface area contributed by atoms with Crippen LogP contribution in [-0.2, 0) is 16.1 Å². The molecule has 0 radical (unpaired) electrons. The molecule has 210 valence electrons. The quantitative estimate of drug-likeness (QED) is 0.530. The molecule has 2 aromatic rings. The fraction of sp³-hybridized carbons (Fsp3) is 0.467. The second kappa shape index (κ2) is 10.9. The third kappa shape index (κ3) is 5.28. The van der Waals surface area contributed by atoms with E-state index in [0.29, 0.717) is 30.0 Å². The van der Waals surface area contributed by atoms with Gasteiger partial charge in [-0.15, -0.1) is 0 Å². The number of nitrogens with zero attached hydrogens (tertiary/aromatic N) is 4. The van der Waals surface area contributed by atoms with Gasteiger partial charge in [0.05, 0.1) is 0 Å². The number of hydrogen-bond acceptors (Lipinski definition) is 7. The molecule has 1 atom stereocenters. The average molecular weight is 545 g/mol. The minimum Gasteiger partial charge on any atom is -0.372 e. The SMILES string of the molecule is NC(=O)c1ccc(N2CCC(CN3CCN(c4ccc5c(c4)CN(C4CCC(=O)NC4=O)C5=O)CC3)CC2)cc1. The van der Waals surface area contributed by atoms with Gasteiger partial charge in [0.1, 0.15) is 6.04 Å². The molecule has 40 heavy (non-hydrogen) atoms. The van der Waals surface area contributed by atoms with Crippen molar-refractivity contribution in [3.05, 3.63) is 59.2 Å². The van der Waals surface area contributed by atoms with Crippen LogP contribution in [0.15, 0.2) is 42.5 Å². The van der Waals surface area contributed by atoms with E-state index in [2.05, 4.69) is 26.1 Å². The lowest BCUT2D eigenvalue weighted by atomic mass is 9.95. The van der Waals surface area contributed by atoms with Gasteiger partial charge in [0.15, 0.2) is 0 Å². The monoisotopic (exact) mass is 544 g/mol. The first-order valence-electron chi connectivity index (χ1n) is 14.3. The summed E-state index contributed by atoms with van der Waals surface area (Å²) in [7, 11) is 0. The molecule has 0 spiro atoms. The Morgan fingerprint density at radius 1 is 0.850 bits per heavy atom. The standard InChI is InChI=1S/C30H36N6O4/c31-28(38)21-1-3-23(4-2-21)34-11-9-20(10-12-34)18-33-13-15-35(16-14-33)24-5-6-25-22(17-24)19-36(30(25)40)26-7-8-27(37)32-29(26)39/h1-6,17,20,26H,7-16,18-19H2,(H2,31,38)(H,32,37,39). The molecule has 10 nitrogen and oxygen atoms in total. The molecular weight excluding hydrogens is 508 g/mol. The van der Waals surface area contributed by atoms with Crippen LogP contribution < -0.4 is 20.9 Å². The highest BCUT2D eigenvalue weighted by Gasteiger charge is 2.39. The lowest BCUT2D eigenvalue weighted by molar-refractivity contribution is -0.136. The first-order valence-corrected chi connectivity index (χ1v) is 14.3. The summed E-state index contributed by atoms with van der Waals surface area (Å²) < 4.78 is 0. The number of carbonyl (C=O) groups excluding carboxylic acids is 4. The number of nitrogens with one attached hydrogen (secondary N) is 1. The number of rotatable bonds is 6. The molecule has 4 aliphatic heterocycles. The Bertz CT molecular complexity index is 1310. The second-order valence-electron chi connectivity index (χ2n) is 11.4. The predicted molar refractivity (Wildman–Crippen MR) is 151 cm³/mol. The van der Waals surface area contributed by atoms with Crippen LogP contribution in [-0.4, -0.2) is 85.3 Å². The average Bonchev–Trinajstić information content (AvgIpc) is 3.29. The Hall–Kier alpha value is -3.92. The van der Waals surface area contributed by atoms with Gasteiger partial charge in [0.25, 0.3) is 5.91 Å². The molecule has 0 saturated carbocycles. The number of hydrogen-bond donors (Lipinski definition) is 2. The molecule has 0 aliphatic carbocycles. The zero-order valence-electron chi connectivity index (χ0n) is 22.7. The summed E-state index contributed by atoms with van der Waals surface area (Å²) in [5, 5.41) is 2.36. The Morgan fingerprint density at radius 3 is 2.20 bits per heavy atom. The third-order valence-electron chi connectivity index (χ3n) is 8.89. The van der Waals surface area contributed by atoms with Crippen LogP contribution in [0.2, 0.25) is 0 Å². The van der Waals surface area contributed by atoms with Crippen LogP contribution in [0.25, 0.3) is 0 Å². The van der Waals surface area contributed by atoms with Gasteiger partial charge in [-0.25, -0.2) is 0 Å². The third-order valence-corrected chi connectivity index (χ3v) is 8.89. The van der Waals surface area contributed by atoms with Gasteiger partial charge in [0, 0.05) is 81.3 Å². The highest BCUT2D eigenvalue weighted by molar-refractivity contribution is 6.05. The molecule has 3 N–H and O–H groups in total. The normalized spacial score (nSPS) is 22.4. The number of imide groups is 1. The summed E-state index contributed by atoms with van der Waals surface area (Å²) in [4.78, 5) is 57.1. The number of fused-ring (bicyclic) bond motifs is 1. The van der Waals surface area contributed by atoms with Gasteiger partial charge < -0.3 is 20.4 Å². The summed E-state index contributed by atoms with van der Waals surface area (Å²) in [6.07, 6.45) is 2.94. The molecule has 4 amide bonds. The lowest BCUT2D eigenvalue weighted by Crippen LogP contribution is -2.52. The van der Waals surface area contributed by atoms with Crippen molar-refractivity contribution in [2.24, 2.45) is 11.7 Å². The van der Waals surface area contributed by atoms with Crippen molar-refractivity contribution in [2.45, 2.75) is 38.3 Å². The molecular formula is C30H36N6O4. The van der Waals surface area contributed by atoms with E-state index < -0.39 is 11.9 Å². The molecule has 4 aliphatic rings. The number of piperidine rings is 2. The summed E-state index contributed by atoms with van der Waals surface area (Å²) in [6.45, 7) is 7.45. The first kappa shape index (κ1) is 26.3. The maximum Gasteiger partial charge on any atom is 0.255 e. The molecule has 0 aromatic heterocycles. The van der Waals surface area contributed by atoms with E-state index >= 15 is 0 Å². The fourth-order valence-corrected chi connectivity index (χ4v) is 6.52. The summed E-state index contributed by atoms with van der Waals surface area (Å²) in [5.41, 5.74) is 9.77. The van der Waals surface area contributed by atoms with Crippen molar-refractivity contribution in [1.29, 1.82) is 0 Å². The number of benzene rings is 2. The Kier molecular flexibility index (Phi) is 7.18. The van der Waals surface area contributed by atoms with Gasteiger partial charge >= 0.3 is 0 Å². The predicted octanol–water partition coefficient (Wildman–Crippen LogP) is 1.59. The minimum atomic E-state index is -0.584. The van der Waals surface area contributed by atoms with Crippen LogP contribution >= 0.6 is 0 Å². The van der Waals surface area contributed by atoms with Crippen LogP contribution in [0.1, 0.15) is 52.0 Å². The van der Waals surface area contributed by atoms with Crippen LogP contribution in [0.3, 0.4) is 0 Å². The molecule has 4 heterocycles. The number of anilines is 2. The largest absolute Gasteiger partial charge is 0.372 e. The number of piperazine rings is 1. The lowest BCUT2D eigenvalue weighted by Gasteiger charge is -2.40. The van der Waals surface area contributed by atoms with Crippen molar-refractivity contribution >= 4 is 35.0 Å². The van der Waals surface area contributed by atoms with Crippen LogP contribution in [0.4, 0.5) is 11.4 Å². The van der Waals surface area contributed by atoms with E-state index in [1.165, 1.54) is 0 Å². The number of nitrogens with two attached hydrogens (primary N) is 1. The number of primary amides is 1. The number of amides is 4. The van der Waals surface area contributed by atoms with E-state index in [1.54, 1.807) is 17.0 Å². The first-order chi connectivity index (χ1) is 19.4. The van der Waals surface area contributed by atoms with Gasteiger partial charge in [-0.05, 0) is 73.2 Å². The maximum absolute atomic E-state index is 13.0. The number of carbonyl (C=O) groups is 4. The smallest absolute Gasteiger partial charge is 0.255 e. The minimum absolute atomic E-state index is 0.130. The summed E-state index contributed by atoms with van der Waals surface area (Å²) >= 11 is 0. The second-order valence-corrected chi connectivity index (χ2v) is 11.4. The molecule has 3 fully saturated rings. The highest BCUT2D eigenvalue weighted by Crippen LogP contribution is 2.31. The molecule has 10 heteroatoms. The van der Waals surface area contributed by atoms with E-state index in [1.807, 2.05) is 24.3 Å². The van der Waals surface area contributed by atoms with E-state index in [4.69, 9.17) is 5.73 Å². The Labute approximate surface area is 234 Å². The zero-order chi connectivity index (χ0) is 27.8.